The number of aromatic nitrogens is 1. The largest absolute Gasteiger partial charge is 0.445 e. The number of hydrogen-bond acceptors (Lipinski definition) is 4. The summed E-state index contributed by atoms with van der Waals surface area (Å²) in [5.41, 5.74) is 1.34. The number of aryl methyl sites for hydroxylation is 1. The molecule has 2 aromatic rings. The average Bonchev–Trinajstić information content (AvgIpc) is 2.88. The molecule has 2 unspecified atom stereocenters. The van der Waals surface area contributed by atoms with Crippen molar-refractivity contribution in [2.45, 2.75) is 32.5 Å². The highest BCUT2D eigenvalue weighted by molar-refractivity contribution is 5.20. The molecule has 1 aromatic heterocycles. The lowest BCUT2D eigenvalue weighted by Crippen LogP contribution is -2.50. The Kier molecular flexibility index (Phi) is 3.85. The molecule has 4 heteroatoms. The van der Waals surface area contributed by atoms with Crippen LogP contribution in [-0.2, 0) is 6.54 Å². The molecule has 2 heterocycles. The van der Waals surface area contributed by atoms with E-state index >= 15 is 0 Å². The quantitative estimate of drug-likeness (QED) is 0.931. The highest BCUT2D eigenvalue weighted by Gasteiger charge is 2.26. The zero-order valence-electron chi connectivity index (χ0n) is 12.0. The van der Waals surface area contributed by atoms with Gasteiger partial charge in [0.05, 0.1) is 12.7 Å². The first-order valence-electron chi connectivity index (χ1n) is 7.16. The van der Waals surface area contributed by atoms with Crippen molar-refractivity contribution < 1.29 is 4.42 Å². The van der Waals surface area contributed by atoms with Crippen LogP contribution in [0.15, 0.2) is 40.9 Å². The lowest BCUT2D eigenvalue weighted by molar-refractivity contribution is 0.121. The van der Waals surface area contributed by atoms with E-state index < -0.39 is 0 Å². The predicted octanol–water partition coefficient (Wildman–Crippen LogP) is 2.52. The van der Waals surface area contributed by atoms with Crippen LogP contribution in [0.2, 0.25) is 0 Å². The van der Waals surface area contributed by atoms with Gasteiger partial charge >= 0.3 is 0 Å². The Labute approximate surface area is 119 Å². The van der Waals surface area contributed by atoms with Crippen LogP contribution in [0, 0.1) is 6.92 Å². The Morgan fingerprint density at radius 3 is 2.85 bits per heavy atom. The summed E-state index contributed by atoms with van der Waals surface area (Å²) >= 11 is 0. The van der Waals surface area contributed by atoms with E-state index in [0.717, 1.165) is 31.3 Å². The number of rotatable bonds is 3. The van der Waals surface area contributed by atoms with Gasteiger partial charge in [-0.05, 0) is 19.4 Å². The molecule has 0 bridgehead atoms. The minimum absolute atomic E-state index is 0.378. The molecule has 0 saturated carbocycles. The van der Waals surface area contributed by atoms with Gasteiger partial charge in [-0.15, -0.1) is 0 Å². The Balaban J connectivity index is 1.70. The first kappa shape index (κ1) is 13.3. The van der Waals surface area contributed by atoms with Gasteiger partial charge < -0.3 is 9.73 Å². The molecule has 2 atom stereocenters. The topological polar surface area (TPSA) is 41.3 Å². The van der Waals surface area contributed by atoms with Gasteiger partial charge in [-0.25, -0.2) is 4.98 Å². The normalized spacial score (nSPS) is 23.9. The molecule has 1 aromatic carbocycles. The molecule has 106 valence electrons. The minimum atomic E-state index is 0.378. The molecule has 1 fully saturated rings. The molecule has 3 rings (SSSR count). The van der Waals surface area contributed by atoms with Crippen molar-refractivity contribution in [2.24, 2.45) is 0 Å². The molecule has 1 aliphatic rings. The number of oxazole rings is 1. The first-order chi connectivity index (χ1) is 9.72. The molecule has 4 nitrogen and oxygen atoms in total. The van der Waals surface area contributed by atoms with Crippen LogP contribution < -0.4 is 5.32 Å². The van der Waals surface area contributed by atoms with Gasteiger partial charge in [-0.2, -0.15) is 0 Å². The molecule has 0 radical (unpaired) electrons. The first-order valence-corrected chi connectivity index (χ1v) is 7.16. The summed E-state index contributed by atoms with van der Waals surface area (Å²) in [5.74, 6) is 1.69. The van der Waals surface area contributed by atoms with Crippen LogP contribution in [0.3, 0.4) is 0 Å². The summed E-state index contributed by atoms with van der Waals surface area (Å²) in [5, 5.41) is 3.61. The van der Waals surface area contributed by atoms with E-state index in [1.54, 1.807) is 6.20 Å². The summed E-state index contributed by atoms with van der Waals surface area (Å²) < 4.78 is 5.60. The Morgan fingerprint density at radius 1 is 1.35 bits per heavy atom. The fourth-order valence-corrected chi connectivity index (χ4v) is 2.70. The van der Waals surface area contributed by atoms with Gasteiger partial charge in [-0.1, -0.05) is 30.3 Å². The van der Waals surface area contributed by atoms with Crippen molar-refractivity contribution in [3.8, 4) is 0 Å². The monoisotopic (exact) mass is 271 g/mol. The summed E-state index contributed by atoms with van der Waals surface area (Å²) in [6.45, 7) is 6.92. The molecular weight excluding hydrogens is 250 g/mol. The van der Waals surface area contributed by atoms with Gasteiger partial charge in [0.25, 0.3) is 0 Å². The zero-order valence-corrected chi connectivity index (χ0v) is 12.0. The fourth-order valence-electron chi connectivity index (χ4n) is 2.70. The van der Waals surface area contributed by atoms with E-state index in [1.165, 1.54) is 5.56 Å². The van der Waals surface area contributed by atoms with Gasteiger partial charge in [0.1, 0.15) is 5.76 Å². The van der Waals surface area contributed by atoms with Gasteiger partial charge in [0.15, 0.2) is 0 Å². The molecule has 0 amide bonds. The van der Waals surface area contributed by atoms with Crippen molar-refractivity contribution >= 4 is 0 Å². The zero-order chi connectivity index (χ0) is 13.9. The second kappa shape index (κ2) is 5.77. The Bertz CT molecular complexity index is 552. The maximum Gasteiger partial charge on any atom is 0.208 e. The third kappa shape index (κ3) is 2.92. The number of nitrogens with one attached hydrogen (secondary N) is 1. The summed E-state index contributed by atoms with van der Waals surface area (Å²) in [4.78, 5) is 6.74. The minimum Gasteiger partial charge on any atom is -0.445 e. The molecule has 0 spiro atoms. The van der Waals surface area contributed by atoms with E-state index in [-0.39, 0.29) is 0 Å². The molecular formula is C16H21N3O. The number of benzene rings is 1. The van der Waals surface area contributed by atoms with Crippen LogP contribution >= 0.6 is 0 Å². The Morgan fingerprint density at radius 2 is 2.15 bits per heavy atom. The van der Waals surface area contributed by atoms with Crippen LogP contribution in [0.1, 0.15) is 30.2 Å². The van der Waals surface area contributed by atoms with Crippen molar-refractivity contribution in [3.05, 3.63) is 53.7 Å². The van der Waals surface area contributed by atoms with E-state index in [1.807, 2.05) is 6.92 Å². The second-order valence-electron chi connectivity index (χ2n) is 5.51. The van der Waals surface area contributed by atoms with E-state index in [2.05, 4.69) is 52.5 Å². The van der Waals surface area contributed by atoms with Gasteiger partial charge in [0, 0.05) is 25.2 Å². The lowest BCUT2D eigenvalue weighted by Gasteiger charge is -2.38. The third-order valence-electron chi connectivity index (χ3n) is 3.91. The van der Waals surface area contributed by atoms with E-state index in [4.69, 9.17) is 4.42 Å². The molecule has 1 N–H and O–H groups in total. The van der Waals surface area contributed by atoms with Crippen molar-refractivity contribution in [1.29, 1.82) is 0 Å². The summed E-state index contributed by atoms with van der Waals surface area (Å²) in [6.07, 6.45) is 1.79. The van der Waals surface area contributed by atoms with E-state index in [0.29, 0.717) is 12.1 Å². The SMILES string of the molecule is Cc1cnc(CN2CC(c3ccccc3)NCC2C)o1. The van der Waals surface area contributed by atoms with Gasteiger partial charge in [0.2, 0.25) is 5.89 Å². The van der Waals surface area contributed by atoms with Crippen molar-refractivity contribution in [2.75, 3.05) is 13.1 Å². The molecule has 0 aliphatic carbocycles. The number of hydrogen-bond donors (Lipinski definition) is 1. The highest BCUT2D eigenvalue weighted by atomic mass is 16.4. The Hall–Kier alpha value is -1.65. The molecule has 1 aliphatic heterocycles. The lowest BCUT2D eigenvalue weighted by atomic mass is 10.0. The highest BCUT2D eigenvalue weighted by Crippen LogP contribution is 2.21. The van der Waals surface area contributed by atoms with Gasteiger partial charge in [-0.3, -0.25) is 4.90 Å². The van der Waals surface area contributed by atoms with E-state index in [9.17, 15) is 0 Å². The third-order valence-corrected chi connectivity index (χ3v) is 3.91. The average molecular weight is 271 g/mol. The maximum absolute atomic E-state index is 5.60. The van der Waals surface area contributed by atoms with Crippen molar-refractivity contribution in [3.63, 3.8) is 0 Å². The summed E-state index contributed by atoms with van der Waals surface area (Å²) in [7, 11) is 0. The smallest absolute Gasteiger partial charge is 0.208 e. The standard InChI is InChI=1S/C16H21N3O/c1-12-8-17-15(14-6-4-3-5-7-14)10-19(12)11-16-18-9-13(2)20-16/h3-7,9,12,15,17H,8,10-11H2,1-2H3. The van der Waals surface area contributed by atoms with Crippen LogP contribution in [0.4, 0.5) is 0 Å². The molecule has 20 heavy (non-hydrogen) atoms. The second-order valence-corrected chi connectivity index (χ2v) is 5.51. The van der Waals surface area contributed by atoms with Crippen LogP contribution in [0.25, 0.3) is 0 Å². The number of piperazine rings is 1. The number of nitrogens with zero attached hydrogens (tertiary/aromatic N) is 2. The van der Waals surface area contributed by atoms with Crippen molar-refractivity contribution in [1.82, 2.24) is 15.2 Å². The van der Waals surface area contributed by atoms with Crippen LogP contribution in [0.5, 0.6) is 0 Å². The fraction of sp³-hybridized carbons (Fsp3) is 0.438. The summed E-state index contributed by atoms with van der Waals surface area (Å²) in [6, 6.07) is 11.5. The predicted molar refractivity (Wildman–Crippen MR) is 78.3 cm³/mol. The molecule has 1 saturated heterocycles. The maximum atomic E-state index is 5.60. The van der Waals surface area contributed by atoms with Crippen LogP contribution in [-0.4, -0.2) is 29.0 Å².